The van der Waals surface area contributed by atoms with Crippen LogP contribution in [-0.2, 0) is 14.4 Å². The molecule has 0 saturated carbocycles. The lowest BCUT2D eigenvalue weighted by atomic mass is 10.0. The molecule has 0 saturated heterocycles. The van der Waals surface area contributed by atoms with Gasteiger partial charge in [-0.15, -0.1) is 0 Å². The fourth-order valence-corrected chi connectivity index (χ4v) is 0.524. The van der Waals surface area contributed by atoms with Crippen LogP contribution in [0.5, 0.6) is 0 Å². The minimum Gasteiger partial charge on any atom is -0.390 e. The number of amides is 1. The standard InChI is InChI=1S/C6H9NO8/c7-4(11)6(14,15)3(10)2(9)5(12,13)1-8/h8,12-15H,1H2,(H2,7,11). The molecule has 1 amide bonds. The molecule has 0 aliphatic rings. The summed E-state index contributed by atoms with van der Waals surface area (Å²) >= 11 is 0. The first-order chi connectivity index (χ1) is 6.57. The molecular formula is C6H9NO8. The Morgan fingerprint density at radius 3 is 1.67 bits per heavy atom. The minimum atomic E-state index is -3.84. The second-order valence-electron chi connectivity index (χ2n) is 2.67. The summed E-state index contributed by atoms with van der Waals surface area (Å²) in [5, 5.41) is 43.0. The van der Waals surface area contributed by atoms with Gasteiger partial charge in [-0.25, -0.2) is 0 Å². The van der Waals surface area contributed by atoms with Gasteiger partial charge in [0.1, 0.15) is 6.61 Å². The molecule has 15 heavy (non-hydrogen) atoms. The summed E-state index contributed by atoms with van der Waals surface area (Å²) in [5.74, 6) is -13.7. The SMILES string of the molecule is NC(=O)C(O)(O)C(=O)C(=O)C(O)(O)CO. The van der Waals surface area contributed by atoms with Crippen molar-refractivity contribution in [1.29, 1.82) is 0 Å². The molecule has 9 nitrogen and oxygen atoms in total. The smallest absolute Gasteiger partial charge is 0.314 e. The van der Waals surface area contributed by atoms with E-state index in [0.29, 0.717) is 0 Å². The zero-order valence-electron chi connectivity index (χ0n) is 7.25. The molecule has 0 heterocycles. The molecule has 0 aliphatic carbocycles. The van der Waals surface area contributed by atoms with Gasteiger partial charge in [0.2, 0.25) is 0 Å². The Bertz CT molecular complexity index is 306. The second kappa shape index (κ2) is 4.00. The van der Waals surface area contributed by atoms with Crippen LogP contribution >= 0.6 is 0 Å². The van der Waals surface area contributed by atoms with Gasteiger partial charge in [-0.3, -0.25) is 14.4 Å². The maximum atomic E-state index is 10.8. The summed E-state index contributed by atoms with van der Waals surface area (Å²) in [5.41, 5.74) is 4.36. The number of nitrogens with two attached hydrogens (primary N) is 1. The predicted molar refractivity (Wildman–Crippen MR) is 40.6 cm³/mol. The third-order valence-corrected chi connectivity index (χ3v) is 1.45. The van der Waals surface area contributed by atoms with E-state index in [-0.39, 0.29) is 0 Å². The highest BCUT2D eigenvalue weighted by Gasteiger charge is 2.50. The van der Waals surface area contributed by atoms with Crippen LogP contribution in [0.2, 0.25) is 0 Å². The van der Waals surface area contributed by atoms with Crippen LogP contribution in [0, 0.1) is 0 Å². The molecule has 0 unspecified atom stereocenters. The quantitative estimate of drug-likeness (QED) is 0.152. The summed E-state index contributed by atoms with van der Waals surface area (Å²) in [6, 6.07) is 0. The molecule has 0 radical (unpaired) electrons. The van der Waals surface area contributed by atoms with Gasteiger partial charge in [-0.05, 0) is 0 Å². The Morgan fingerprint density at radius 1 is 1.00 bits per heavy atom. The Morgan fingerprint density at radius 2 is 1.40 bits per heavy atom. The van der Waals surface area contributed by atoms with Crippen LogP contribution in [0.3, 0.4) is 0 Å². The summed E-state index contributed by atoms with van der Waals surface area (Å²) in [4.78, 5) is 31.9. The van der Waals surface area contributed by atoms with Crippen LogP contribution in [0.4, 0.5) is 0 Å². The number of Topliss-reactive ketones (excluding diaryl/α,β-unsaturated/α-hetero) is 2. The molecule has 86 valence electrons. The molecule has 0 aromatic carbocycles. The largest absolute Gasteiger partial charge is 0.390 e. The van der Waals surface area contributed by atoms with Crippen LogP contribution in [0.15, 0.2) is 0 Å². The van der Waals surface area contributed by atoms with E-state index in [1.807, 2.05) is 0 Å². The van der Waals surface area contributed by atoms with Crippen molar-refractivity contribution in [3.8, 4) is 0 Å². The number of hydrogen-bond donors (Lipinski definition) is 6. The van der Waals surface area contributed by atoms with Gasteiger partial charge < -0.3 is 31.3 Å². The van der Waals surface area contributed by atoms with Gasteiger partial charge in [0.25, 0.3) is 23.3 Å². The van der Waals surface area contributed by atoms with E-state index in [9.17, 15) is 14.4 Å². The highest BCUT2D eigenvalue weighted by molar-refractivity contribution is 6.45. The van der Waals surface area contributed by atoms with Gasteiger partial charge >= 0.3 is 5.79 Å². The fraction of sp³-hybridized carbons (Fsp3) is 0.500. The zero-order valence-corrected chi connectivity index (χ0v) is 7.25. The molecule has 0 aromatic rings. The Hall–Kier alpha value is -1.39. The van der Waals surface area contributed by atoms with Crippen molar-refractivity contribution in [1.82, 2.24) is 0 Å². The number of primary amides is 1. The molecule has 0 atom stereocenters. The number of carbonyl (C=O) groups excluding carboxylic acids is 3. The van der Waals surface area contributed by atoms with Crippen LogP contribution < -0.4 is 5.73 Å². The number of carbonyl (C=O) groups is 3. The maximum Gasteiger partial charge on any atom is 0.314 e. The summed E-state index contributed by atoms with van der Waals surface area (Å²) in [6.45, 7) is -1.56. The highest BCUT2D eigenvalue weighted by atomic mass is 16.5. The normalized spacial score (nSPS) is 12.3. The van der Waals surface area contributed by atoms with E-state index in [1.165, 1.54) is 0 Å². The molecule has 0 bridgehead atoms. The average Bonchev–Trinajstić information content (AvgIpc) is 2.15. The molecule has 7 N–H and O–H groups in total. The number of aliphatic hydroxyl groups is 5. The fourth-order valence-electron chi connectivity index (χ4n) is 0.524. The van der Waals surface area contributed by atoms with E-state index in [1.54, 1.807) is 0 Å². The summed E-state index contributed by atoms with van der Waals surface area (Å²) in [7, 11) is 0. The van der Waals surface area contributed by atoms with Crippen molar-refractivity contribution in [2.75, 3.05) is 6.61 Å². The Balaban J connectivity index is 5.06. The van der Waals surface area contributed by atoms with Crippen molar-refractivity contribution in [2.24, 2.45) is 5.73 Å². The number of ketones is 2. The van der Waals surface area contributed by atoms with E-state index >= 15 is 0 Å². The van der Waals surface area contributed by atoms with Crippen molar-refractivity contribution in [3.63, 3.8) is 0 Å². The first-order valence-electron chi connectivity index (χ1n) is 3.47. The molecule has 0 rings (SSSR count). The Kier molecular flexibility index (Phi) is 3.63. The van der Waals surface area contributed by atoms with Gasteiger partial charge in [0.05, 0.1) is 0 Å². The summed E-state index contributed by atoms with van der Waals surface area (Å²) < 4.78 is 0. The van der Waals surface area contributed by atoms with Crippen LogP contribution in [0.25, 0.3) is 0 Å². The molecular weight excluding hydrogens is 214 g/mol. The third-order valence-electron chi connectivity index (χ3n) is 1.45. The lowest BCUT2D eigenvalue weighted by Gasteiger charge is -2.20. The molecule has 9 heteroatoms. The average molecular weight is 223 g/mol. The molecule has 0 aliphatic heterocycles. The monoisotopic (exact) mass is 223 g/mol. The van der Waals surface area contributed by atoms with Crippen LogP contribution in [0.1, 0.15) is 0 Å². The molecule has 0 spiro atoms. The van der Waals surface area contributed by atoms with Gasteiger partial charge in [0.15, 0.2) is 0 Å². The van der Waals surface area contributed by atoms with Gasteiger partial charge in [-0.1, -0.05) is 0 Å². The number of rotatable bonds is 5. The maximum absolute atomic E-state index is 10.8. The first kappa shape index (κ1) is 13.6. The highest BCUT2D eigenvalue weighted by Crippen LogP contribution is 2.08. The lowest BCUT2D eigenvalue weighted by molar-refractivity contribution is -0.210. The van der Waals surface area contributed by atoms with Gasteiger partial charge in [0, 0.05) is 0 Å². The third kappa shape index (κ3) is 2.55. The molecule has 0 fully saturated rings. The van der Waals surface area contributed by atoms with Gasteiger partial charge in [-0.2, -0.15) is 0 Å². The lowest BCUT2D eigenvalue weighted by Crippen LogP contribution is -2.59. The van der Waals surface area contributed by atoms with Crippen molar-refractivity contribution < 1.29 is 39.9 Å². The number of aliphatic hydroxyl groups excluding tert-OH is 1. The molecule has 0 aromatic heterocycles. The summed E-state index contributed by atoms with van der Waals surface area (Å²) in [6.07, 6.45) is 0. The van der Waals surface area contributed by atoms with E-state index in [0.717, 1.165) is 0 Å². The zero-order chi connectivity index (χ0) is 12.4. The van der Waals surface area contributed by atoms with Crippen molar-refractivity contribution in [2.45, 2.75) is 11.6 Å². The van der Waals surface area contributed by atoms with E-state index < -0.39 is 35.7 Å². The topological polar surface area (TPSA) is 178 Å². The van der Waals surface area contributed by atoms with Crippen molar-refractivity contribution >= 4 is 17.5 Å². The van der Waals surface area contributed by atoms with E-state index in [4.69, 9.17) is 25.5 Å². The number of hydrogen-bond acceptors (Lipinski definition) is 8. The van der Waals surface area contributed by atoms with Crippen LogP contribution in [-0.4, -0.2) is 61.2 Å². The first-order valence-corrected chi connectivity index (χ1v) is 3.47. The minimum absolute atomic E-state index is 1.56. The van der Waals surface area contributed by atoms with Crippen molar-refractivity contribution in [3.05, 3.63) is 0 Å². The Labute approximate surface area is 82.4 Å². The van der Waals surface area contributed by atoms with E-state index in [2.05, 4.69) is 5.73 Å². The second-order valence-corrected chi connectivity index (χ2v) is 2.67. The predicted octanol–water partition coefficient (Wildman–Crippen LogP) is -5.04.